The Morgan fingerprint density at radius 1 is 0.810 bits per heavy atom. The summed E-state index contributed by atoms with van der Waals surface area (Å²) in [6, 6.07) is 18.6. The molecule has 0 N–H and O–H groups in total. The van der Waals surface area contributed by atoms with E-state index in [9.17, 15) is 0 Å². The highest BCUT2D eigenvalue weighted by atomic mass is 35.5. The average molecular weight is 309 g/mol. The summed E-state index contributed by atoms with van der Waals surface area (Å²) in [5, 5.41) is 5.63. The first kappa shape index (κ1) is 11.6. The summed E-state index contributed by atoms with van der Waals surface area (Å²) in [5.74, 6) is 0. The topological polar surface area (TPSA) is 13.1 Å². The zero-order valence-electron chi connectivity index (χ0n) is 10.9. The molecular formula is C18H9ClOS. The molecule has 3 heteroatoms. The minimum Gasteiger partial charge on any atom is -0.456 e. The number of hydrogen-bond acceptors (Lipinski definition) is 2. The Bertz CT molecular complexity index is 1150. The van der Waals surface area contributed by atoms with E-state index < -0.39 is 0 Å². The molecule has 0 fully saturated rings. The molecule has 2 aromatic heterocycles. The lowest BCUT2D eigenvalue weighted by Crippen LogP contribution is -1.69. The van der Waals surface area contributed by atoms with E-state index in [0.717, 1.165) is 16.6 Å². The molecule has 0 bridgehead atoms. The lowest BCUT2D eigenvalue weighted by atomic mass is 10.1. The van der Waals surface area contributed by atoms with Crippen molar-refractivity contribution in [3.05, 3.63) is 59.6 Å². The van der Waals surface area contributed by atoms with Gasteiger partial charge in [0.2, 0.25) is 0 Å². The normalized spacial score (nSPS) is 12.0. The first-order chi connectivity index (χ1) is 10.3. The van der Waals surface area contributed by atoms with Gasteiger partial charge in [0.25, 0.3) is 0 Å². The molecule has 0 amide bonds. The predicted octanol–water partition coefficient (Wildman–Crippen LogP) is 6.61. The Kier molecular flexibility index (Phi) is 2.21. The van der Waals surface area contributed by atoms with E-state index in [0.29, 0.717) is 5.02 Å². The van der Waals surface area contributed by atoms with Gasteiger partial charge in [-0.3, -0.25) is 0 Å². The summed E-state index contributed by atoms with van der Waals surface area (Å²) < 4.78 is 8.56. The maximum absolute atomic E-state index is 6.07. The highest BCUT2D eigenvalue weighted by molar-refractivity contribution is 7.26. The second-order valence-electron chi connectivity index (χ2n) is 5.16. The molecule has 0 aliphatic heterocycles. The van der Waals surface area contributed by atoms with Crippen molar-refractivity contribution in [2.75, 3.05) is 0 Å². The van der Waals surface area contributed by atoms with Crippen molar-refractivity contribution in [1.82, 2.24) is 0 Å². The van der Waals surface area contributed by atoms with Crippen molar-refractivity contribution < 1.29 is 4.42 Å². The number of fused-ring (bicyclic) bond motifs is 7. The number of hydrogen-bond donors (Lipinski definition) is 0. The van der Waals surface area contributed by atoms with E-state index in [2.05, 4.69) is 36.4 Å². The van der Waals surface area contributed by atoms with Crippen LogP contribution in [-0.2, 0) is 0 Å². The van der Waals surface area contributed by atoms with Crippen LogP contribution in [0.3, 0.4) is 0 Å². The number of furan rings is 1. The average Bonchev–Trinajstić information content (AvgIpc) is 3.03. The smallest absolute Gasteiger partial charge is 0.136 e. The number of halogens is 1. The Balaban J connectivity index is 2.09. The number of benzene rings is 3. The van der Waals surface area contributed by atoms with Gasteiger partial charge < -0.3 is 4.42 Å². The van der Waals surface area contributed by atoms with Crippen LogP contribution >= 0.6 is 22.9 Å². The van der Waals surface area contributed by atoms with E-state index in [4.69, 9.17) is 16.0 Å². The molecule has 0 unspecified atom stereocenters. The van der Waals surface area contributed by atoms with Crippen molar-refractivity contribution in [2.24, 2.45) is 0 Å². The third kappa shape index (κ3) is 1.52. The first-order valence-corrected chi connectivity index (χ1v) is 7.93. The van der Waals surface area contributed by atoms with Gasteiger partial charge in [-0.1, -0.05) is 29.8 Å². The maximum Gasteiger partial charge on any atom is 0.136 e. The van der Waals surface area contributed by atoms with E-state index in [-0.39, 0.29) is 0 Å². The Morgan fingerprint density at radius 2 is 1.67 bits per heavy atom. The monoisotopic (exact) mass is 308 g/mol. The minimum absolute atomic E-state index is 0.703. The summed E-state index contributed by atoms with van der Waals surface area (Å²) in [7, 11) is 0. The molecule has 0 atom stereocenters. The summed E-state index contributed by atoms with van der Waals surface area (Å²) >= 11 is 7.89. The molecule has 0 spiro atoms. The van der Waals surface area contributed by atoms with Gasteiger partial charge >= 0.3 is 0 Å². The largest absolute Gasteiger partial charge is 0.456 e. The van der Waals surface area contributed by atoms with E-state index in [1.807, 2.05) is 29.5 Å². The summed E-state index contributed by atoms with van der Waals surface area (Å²) in [5.41, 5.74) is 1.77. The van der Waals surface area contributed by atoms with Gasteiger partial charge in [-0.05, 0) is 30.3 Å². The number of rotatable bonds is 0. The van der Waals surface area contributed by atoms with Crippen LogP contribution in [0.25, 0.3) is 42.1 Å². The zero-order chi connectivity index (χ0) is 14.0. The fourth-order valence-electron chi connectivity index (χ4n) is 3.02. The highest BCUT2D eigenvalue weighted by Crippen LogP contribution is 2.42. The molecule has 5 aromatic rings. The van der Waals surface area contributed by atoms with Crippen LogP contribution in [0.1, 0.15) is 0 Å². The first-order valence-electron chi connectivity index (χ1n) is 6.73. The second kappa shape index (κ2) is 4.00. The molecule has 5 rings (SSSR count). The van der Waals surface area contributed by atoms with Gasteiger partial charge in [0.15, 0.2) is 0 Å². The fraction of sp³-hybridized carbons (Fsp3) is 0. The molecule has 0 aliphatic rings. The Hall–Kier alpha value is -2.03. The molecule has 0 aliphatic carbocycles. The van der Waals surface area contributed by atoms with Crippen LogP contribution < -0.4 is 0 Å². The van der Waals surface area contributed by atoms with Crippen molar-refractivity contribution in [2.45, 2.75) is 0 Å². The summed E-state index contributed by atoms with van der Waals surface area (Å²) in [4.78, 5) is 0. The van der Waals surface area contributed by atoms with Gasteiger partial charge in [-0.15, -0.1) is 11.3 Å². The molecule has 0 radical (unpaired) electrons. The molecule has 0 saturated heterocycles. The Labute approximate surface area is 129 Å². The molecule has 3 aromatic carbocycles. The molecule has 1 nitrogen and oxygen atoms in total. The van der Waals surface area contributed by atoms with E-state index >= 15 is 0 Å². The molecule has 100 valence electrons. The Morgan fingerprint density at radius 3 is 2.62 bits per heavy atom. The van der Waals surface area contributed by atoms with Crippen LogP contribution in [0.2, 0.25) is 5.02 Å². The van der Waals surface area contributed by atoms with Crippen molar-refractivity contribution in [3.8, 4) is 0 Å². The third-order valence-electron chi connectivity index (χ3n) is 3.94. The zero-order valence-corrected chi connectivity index (χ0v) is 12.5. The van der Waals surface area contributed by atoms with E-state index in [1.165, 1.54) is 25.6 Å². The van der Waals surface area contributed by atoms with Crippen molar-refractivity contribution >= 4 is 65.0 Å². The standard InChI is InChI=1S/C18H9ClOS/c19-10-5-6-13-15(9-10)20-14-8-7-12-11-3-1-2-4-16(11)21-18(12)17(13)14/h1-9H. The van der Waals surface area contributed by atoms with Crippen LogP contribution in [0.5, 0.6) is 0 Å². The van der Waals surface area contributed by atoms with Crippen LogP contribution in [0.15, 0.2) is 59.0 Å². The number of thiophene rings is 1. The summed E-state index contributed by atoms with van der Waals surface area (Å²) in [6.45, 7) is 0. The molecule has 0 saturated carbocycles. The van der Waals surface area contributed by atoms with Gasteiger partial charge in [0.05, 0.1) is 0 Å². The SMILES string of the molecule is Clc1ccc2c(c1)oc1ccc3c4ccccc4sc3c12. The summed E-state index contributed by atoms with van der Waals surface area (Å²) in [6.07, 6.45) is 0. The highest BCUT2D eigenvalue weighted by Gasteiger charge is 2.14. The lowest BCUT2D eigenvalue weighted by Gasteiger charge is -1.93. The second-order valence-corrected chi connectivity index (χ2v) is 6.64. The van der Waals surface area contributed by atoms with E-state index in [1.54, 1.807) is 0 Å². The van der Waals surface area contributed by atoms with Crippen molar-refractivity contribution in [3.63, 3.8) is 0 Å². The quantitative estimate of drug-likeness (QED) is 0.314. The molecule has 2 heterocycles. The minimum atomic E-state index is 0.703. The van der Waals surface area contributed by atoms with Crippen molar-refractivity contribution in [1.29, 1.82) is 0 Å². The van der Waals surface area contributed by atoms with Crippen LogP contribution in [0, 0.1) is 0 Å². The van der Waals surface area contributed by atoms with Gasteiger partial charge in [-0.2, -0.15) is 0 Å². The van der Waals surface area contributed by atoms with Crippen LogP contribution in [-0.4, -0.2) is 0 Å². The lowest BCUT2D eigenvalue weighted by molar-refractivity contribution is 0.669. The van der Waals surface area contributed by atoms with Gasteiger partial charge in [0, 0.05) is 42.0 Å². The maximum atomic E-state index is 6.07. The third-order valence-corrected chi connectivity index (χ3v) is 5.38. The van der Waals surface area contributed by atoms with Gasteiger partial charge in [-0.25, -0.2) is 0 Å². The van der Waals surface area contributed by atoms with Crippen LogP contribution in [0.4, 0.5) is 0 Å². The molecular weight excluding hydrogens is 300 g/mol. The fourth-order valence-corrected chi connectivity index (χ4v) is 4.43. The predicted molar refractivity (Wildman–Crippen MR) is 91.6 cm³/mol. The molecule has 21 heavy (non-hydrogen) atoms. The van der Waals surface area contributed by atoms with Gasteiger partial charge in [0.1, 0.15) is 11.2 Å².